The van der Waals surface area contributed by atoms with Crippen LogP contribution < -0.4 is 4.74 Å². The van der Waals surface area contributed by atoms with Crippen LogP contribution in [-0.4, -0.2) is 65.9 Å². The predicted molar refractivity (Wildman–Crippen MR) is 132 cm³/mol. The molecule has 0 fully saturated rings. The first-order valence-electron chi connectivity index (χ1n) is 11.6. The van der Waals surface area contributed by atoms with E-state index in [2.05, 4.69) is 5.92 Å². The van der Waals surface area contributed by atoms with E-state index in [0.717, 1.165) is 16.9 Å². The number of hydrogen-bond donors (Lipinski definition) is 1. The summed E-state index contributed by atoms with van der Waals surface area (Å²) in [7, 11) is 1.63. The minimum atomic E-state index is -0.745. The van der Waals surface area contributed by atoms with Crippen LogP contribution in [0.15, 0.2) is 54.6 Å². The van der Waals surface area contributed by atoms with Gasteiger partial charge in [0, 0.05) is 26.7 Å². The fourth-order valence-electron chi connectivity index (χ4n) is 3.68. The van der Waals surface area contributed by atoms with E-state index in [0.29, 0.717) is 38.5 Å². The molecule has 1 atom stereocenters. The first-order valence-corrected chi connectivity index (χ1v) is 11.6. The van der Waals surface area contributed by atoms with Crippen LogP contribution in [0.4, 0.5) is 4.39 Å². The van der Waals surface area contributed by atoms with Crippen molar-refractivity contribution in [3.63, 3.8) is 0 Å². The Labute approximate surface area is 206 Å². The molecule has 0 unspecified atom stereocenters. The second-order valence-corrected chi connectivity index (χ2v) is 7.96. The molecule has 3 aromatic rings. The smallest absolute Gasteiger partial charge is 0.227 e. The van der Waals surface area contributed by atoms with Crippen molar-refractivity contribution < 1.29 is 23.7 Å². The molecule has 8 heteroatoms. The van der Waals surface area contributed by atoms with Crippen molar-refractivity contribution in [1.82, 2.24) is 14.7 Å². The Morgan fingerprint density at radius 2 is 1.91 bits per heavy atom. The Morgan fingerprint density at radius 3 is 2.60 bits per heavy atom. The van der Waals surface area contributed by atoms with Crippen LogP contribution >= 0.6 is 0 Å². The van der Waals surface area contributed by atoms with Crippen LogP contribution in [0.25, 0.3) is 5.69 Å². The minimum absolute atomic E-state index is 0.111. The first kappa shape index (κ1) is 26.4. The zero-order chi connectivity index (χ0) is 25.0. The standard InChI is InChI=1S/C27H32FN3O4/c1-4-16-34-20-22(32)18-30(15-17-33-3)19-23-25(5-2)29-31(21-11-7-6-8-12-21)27(23)35-26-14-10-9-13-24(26)28/h1,6-14,22,32H,5,15-20H2,2-3H3/t22-/m0/s1. The lowest BCUT2D eigenvalue weighted by atomic mass is 10.1. The third-order valence-corrected chi connectivity index (χ3v) is 5.36. The van der Waals surface area contributed by atoms with Crippen molar-refractivity contribution in [2.75, 3.05) is 40.0 Å². The van der Waals surface area contributed by atoms with Crippen LogP contribution in [0.1, 0.15) is 18.2 Å². The Morgan fingerprint density at radius 1 is 1.17 bits per heavy atom. The molecule has 0 amide bonds. The predicted octanol–water partition coefficient (Wildman–Crippen LogP) is 3.83. The molecule has 0 aliphatic heterocycles. The second-order valence-electron chi connectivity index (χ2n) is 7.96. The van der Waals surface area contributed by atoms with E-state index in [1.807, 2.05) is 42.2 Å². The number of halogens is 1. The molecule has 1 heterocycles. The average Bonchev–Trinajstić information content (AvgIpc) is 3.21. The molecule has 0 spiro atoms. The van der Waals surface area contributed by atoms with E-state index in [-0.39, 0.29) is 19.0 Å². The van der Waals surface area contributed by atoms with E-state index in [1.54, 1.807) is 30.0 Å². The largest absolute Gasteiger partial charge is 0.435 e. The van der Waals surface area contributed by atoms with E-state index in [4.69, 9.17) is 25.7 Å². The van der Waals surface area contributed by atoms with Crippen molar-refractivity contribution in [3.05, 3.63) is 71.7 Å². The summed E-state index contributed by atoms with van der Waals surface area (Å²) in [6.07, 6.45) is 5.13. The van der Waals surface area contributed by atoms with E-state index in [9.17, 15) is 9.50 Å². The number of terminal acetylenes is 1. The van der Waals surface area contributed by atoms with Gasteiger partial charge in [0.2, 0.25) is 5.88 Å². The molecule has 0 aliphatic carbocycles. The number of nitrogens with zero attached hydrogens (tertiary/aromatic N) is 3. The topological polar surface area (TPSA) is 69.0 Å². The molecule has 0 aliphatic rings. The summed E-state index contributed by atoms with van der Waals surface area (Å²) in [5.74, 6) is 2.47. The lowest BCUT2D eigenvalue weighted by Gasteiger charge is -2.25. The van der Waals surface area contributed by atoms with Gasteiger partial charge >= 0.3 is 0 Å². The van der Waals surface area contributed by atoms with Crippen molar-refractivity contribution in [3.8, 4) is 29.7 Å². The maximum Gasteiger partial charge on any atom is 0.227 e. The lowest BCUT2D eigenvalue weighted by Crippen LogP contribution is -2.36. The van der Waals surface area contributed by atoms with Gasteiger partial charge in [-0.25, -0.2) is 9.07 Å². The van der Waals surface area contributed by atoms with Gasteiger partial charge in [-0.05, 0) is 30.7 Å². The molecule has 0 radical (unpaired) electrons. The zero-order valence-electron chi connectivity index (χ0n) is 20.2. The van der Waals surface area contributed by atoms with Gasteiger partial charge in [0.1, 0.15) is 6.61 Å². The number of aromatic nitrogens is 2. The Kier molecular flexibility index (Phi) is 10.3. The monoisotopic (exact) mass is 481 g/mol. The quantitative estimate of drug-likeness (QED) is 0.279. The Balaban J connectivity index is 1.98. The highest BCUT2D eigenvalue weighted by Crippen LogP contribution is 2.33. The van der Waals surface area contributed by atoms with Crippen LogP contribution in [0.3, 0.4) is 0 Å². The van der Waals surface area contributed by atoms with Gasteiger partial charge in [-0.3, -0.25) is 4.90 Å². The Hall–Kier alpha value is -3.22. The molecule has 7 nitrogen and oxygen atoms in total. The van der Waals surface area contributed by atoms with Crippen molar-refractivity contribution >= 4 is 0 Å². The molecule has 0 bridgehead atoms. The second kappa shape index (κ2) is 13.6. The fourth-order valence-corrected chi connectivity index (χ4v) is 3.68. The number of aliphatic hydroxyl groups excluding tert-OH is 1. The minimum Gasteiger partial charge on any atom is -0.435 e. The molecular weight excluding hydrogens is 449 g/mol. The Bertz CT molecular complexity index is 1100. The molecule has 1 aromatic heterocycles. The normalized spacial score (nSPS) is 12.0. The number of hydrogen-bond acceptors (Lipinski definition) is 6. The summed E-state index contributed by atoms with van der Waals surface area (Å²) < 4.78 is 33.0. The number of aliphatic hydroxyl groups is 1. The molecule has 0 saturated heterocycles. The molecule has 186 valence electrons. The average molecular weight is 482 g/mol. The first-order chi connectivity index (χ1) is 17.1. The van der Waals surface area contributed by atoms with Crippen molar-refractivity contribution in [1.29, 1.82) is 0 Å². The highest BCUT2D eigenvalue weighted by atomic mass is 19.1. The summed E-state index contributed by atoms with van der Waals surface area (Å²) in [6.45, 7) is 4.03. The zero-order valence-corrected chi connectivity index (χ0v) is 20.2. The summed E-state index contributed by atoms with van der Waals surface area (Å²) in [6, 6.07) is 15.9. The lowest BCUT2D eigenvalue weighted by molar-refractivity contribution is 0.0205. The SMILES string of the molecule is C#CCOC[C@@H](O)CN(CCOC)Cc1c(CC)nn(-c2ccccc2)c1Oc1ccccc1F. The molecule has 0 saturated carbocycles. The number of benzene rings is 2. The van der Waals surface area contributed by atoms with Gasteiger partial charge in [0.05, 0.1) is 36.3 Å². The highest BCUT2D eigenvalue weighted by molar-refractivity contribution is 5.44. The number of methoxy groups -OCH3 is 1. The van der Waals surface area contributed by atoms with E-state index < -0.39 is 11.9 Å². The summed E-state index contributed by atoms with van der Waals surface area (Å²) >= 11 is 0. The van der Waals surface area contributed by atoms with Gasteiger partial charge in [0.25, 0.3) is 0 Å². The van der Waals surface area contributed by atoms with Crippen molar-refractivity contribution in [2.24, 2.45) is 0 Å². The van der Waals surface area contributed by atoms with Gasteiger partial charge < -0.3 is 19.3 Å². The number of ether oxygens (including phenoxy) is 3. The highest BCUT2D eigenvalue weighted by Gasteiger charge is 2.24. The van der Waals surface area contributed by atoms with Crippen LogP contribution in [0.2, 0.25) is 0 Å². The van der Waals surface area contributed by atoms with Crippen LogP contribution in [0, 0.1) is 18.2 Å². The van der Waals surface area contributed by atoms with Gasteiger partial charge in [-0.2, -0.15) is 5.10 Å². The van der Waals surface area contributed by atoms with Gasteiger partial charge in [0.15, 0.2) is 11.6 Å². The summed E-state index contributed by atoms with van der Waals surface area (Å²) in [4.78, 5) is 2.03. The van der Waals surface area contributed by atoms with E-state index in [1.165, 1.54) is 6.07 Å². The van der Waals surface area contributed by atoms with Crippen LogP contribution in [0.5, 0.6) is 11.6 Å². The summed E-state index contributed by atoms with van der Waals surface area (Å²) in [5.41, 5.74) is 2.43. The molecule has 1 N–H and O–H groups in total. The summed E-state index contributed by atoms with van der Waals surface area (Å²) in [5, 5.41) is 15.3. The molecule has 35 heavy (non-hydrogen) atoms. The maximum absolute atomic E-state index is 14.5. The third-order valence-electron chi connectivity index (χ3n) is 5.36. The third kappa shape index (κ3) is 7.38. The number of aryl methyl sites for hydroxylation is 1. The van der Waals surface area contributed by atoms with Crippen LogP contribution in [-0.2, 0) is 22.4 Å². The molecule has 2 aromatic carbocycles. The number of rotatable bonds is 14. The van der Waals surface area contributed by atoms with Gasteiger partial charge in [-0.1, -0.05) is 43.2 Å². The molecule has 3 rings (SSSR count). The van der Waals surface area contributed by atoms with E-state index >= 15 is 0 Å². The van der Waals surface area contributed by atoms with Crippen molar-refractivity contribution in [2.45, 2.75) is 26.0 Å². The maximum atomic E-state index is 14.5. The fraction of sp³-hybridized carbons (Fsp3) is 0.370. The number of para-hydroxylation sites is 2. The molecular formula is C27H32FN3O4. The van der Waals surface area contributed by atoms with Gasteiger partial charge in [-0.15, -0.1) is 6.42 Å².